The van der Waals surface area contributed by atoms with E-state index in [2.05, 4.69) is 27.3 Å². The summed E-state index contributed by atoms with van der Waals surface area (Å²) in [7, 11) is 2.02. The van der Waals surface area contributed by atoms with E-state index in [4.69, 9.17) is 0 Å². The van der Waals surface area contributed by atoms with Crippen LogP contribution in [0.2, 0.25) is 0 Å². The van der Waals surface area contributed by atoms with Crippen LogP contribution >= 0.6 is 0 Å². The number of hydrogen-bond donors (Lipinski definition) is 2. The summed E-state index contributed by atoms with van der Waals surface area (Å²) in [5.41, 5.74) is 3.90. The lowest BCUT2D eigenvalue weighted by Gasteiger charge is -2.08. The summed E-state index contributed by atoms with van der Waals surface area (Å²) in [6.45, 7) is 2.43. The summed E-state index contributed by atoms with van der Waals surface area (Å²) in [4.78, 5) is 24.0. The molecule has 1 heterocycles. The van der Waals surface area contributed by atoms with Crippen molar-refractivity contribution in [3.8, 4) is 0 Å². The molecule has 0 spiro atoms. The van der Waals surface area contributed by atoms with Crippen molar-refractivity contribution in [1.29, 1.82) is 0 Å². The van der Waals surface area contributed by atoms with Gasteiger partial charge in [0.1, 0.15) is 0 Å². The van der Waals surface area contributed by atoms with Crippen molar-refractivity contribution in [2.45, 2.75) is 13.5 Å². The van der Waals surface area contributed by atoms with E-state index < -0.39 is 0 Å². The highest BCUT2D eigenvalue weighted by Crippen LogP contribution is 2.24. The SMILES string of the molecule is Cc1c(CNC(=O)CNC(=O)c2ccccc2)c2ccccc2n1C. The smallest absolute Gasteiger partial charge is 0.251 e. The molecule has 3 rings (SSSR count). The minimum absolute atomic E-state index is 0.0441. The highest BCUT2D eigenvalue weighted by molar-refractivity contribution is 5.96. The number of carbonyl (C=O) groups excluding carboxylic acids is 2. The Balaban J connectivity index is 1.60. The Kier molecular flexibility index (Phi) is 4.84. The molecule has 0 unspecified atom stereocenters. The summed E-state index contributed by atoms with van der Waals surface area (Å²) in [6.07, 6.45) is 0. The molecule has 2 N–H and O–H groups in total. The standard InChI is InChI=1S/C20H21N3O2/c1-14-17(16-10-6-7-11-18(16)23(14)2)12-21-19(24)13-22-20(25)15-8-4-3-5-9-15/h3-11H,12-13H2,1-2H3,(H,21,24)(H,22,25). The molecule has 0 saturated heterocycles. The molecule has 128 valence electrons. The van der Waals surface area contributed by atoms with Gasteiger partial charge < -0.3 is 15.2 Å². The summed E-state index contributed by atoms with van der Waals surface area (Å²) < 4.78 is 2.12. The number of aromatic nitrogens is 1. The van der Waals surface area contributed by atoms with E-state index in [1.807, 2.05) is 32.2 Å². The minimum Gasteiger partial charge on any atom is -0.350 e. The maximum atomic E-state index is 12.1. The zero-order valence-corrected chi connectivity index (χ0v) is 14.4. The van der Waals surface area contributed by atoms with Crippen molar-refractivity contribution in [3.63, 3.8) is 0 Å². The molecule has 2 amide bonds. The molecular formula is C20H21N3O2. The molecule has 25 heavy (non-hydrogen) atoms. The number of rotatable bonds is 5. The molecule has 3 aromatic rings. The first kappa shape index (κ1) is 16.8. The van der Waals surface area contributed by atoms with Crippen LogP contribution in [0.25, 0.3) is 10.9 Å². The Bertz CT molecular complexity index is 913. The molecule has 0 aliphatic rings. The molecule has 0 saturated carbocycles. The number of hydrogen-bond acceptors (Lipinski definition) is 2. The zero-order chi connectivity index (χ0) is 17.8. The van der Waals surface area contributed by atoms with Gasteiger partial charge in [0.05, 0.1) is 6.54 Å². The average Bonchev–Trinajstić information content (AvgIpc) is 2.89. The number of benzene rings is 2. The van der Waals surface area contributed by atoms with Crippen molar-refractivity contribution in [2.75, 3.05) is 6.54 Å². The molecule has 0 aliphatic carbocycles. The first-order valence-corrected chi connectivity index (χ1v) is 8.20. The fourth-order valence-corrected chi connectivity index (χ4v) is 2.92. The van der Waals surface area contributed by atoms with Crippen LogP contribution in [0.4, 0.5) is 0 Å². The van der Waals surface area contributed by atoms with Crippen LogP contribution in [0, 0.1) is 6.92 Å². The number of para-hydroxylation sites is 1. The third-order valence-electron chi connectivity index (χ3n) is 4.44. The second kappa shape index (κ2) is 7.21. The van der Waals surface area contributed by atoms with Gasteiger partial charge in [0.25, 0.3) is 5.91 Å². The Hall–Kier alpha value is -3.08. The lowest BCUT2D eigenvalue weighted by atomic mass is 10.1. The van der Waals surface area contributed by atoms with Gasteiger partial charge in [-0.05, 0) is 30.7 Å². The molecule has 0 atom stereocenters. The molecule has 5 heteroatoms. The van der Waals surface area contributed by atoms with Crippen LogP contribution in [-0.2, 0) is 18.4 Å². The van der Waals surface area contributed by atoms with Gasteiger partial charge in [0.2, 0.25) is 5.91 Å². The van der Waals surface area contributed by atoms with E-state index in [-0.39, 0.29) is 18.4 Å². The molecular weight excluding hydrogens is 314 g/mol. The Labute approximate surface area is 146 Å². The number of aryl methyl sites for hydroxylation is 1. The third-order valence-corrected chi connectivity index (χ3v) is 4.44. The number of nitrogens with one attached hydrogen (secondary N) is 2. The molecule has 0 radical (unpaired) electrons. The molecule has 0 bridgehead atoms. The van der Waals surface area contributed by atoms with Gasteiger partial charge in [-0.3, -0.25) is 9.59 Å². The molecule has 2 aromatic carbocycles. The maximum Gasteiger partial charge on any atom is 0.251 e. The van der Waals surface area contributed by atoms with Crippen LogP contribution in [0.3, 0.4) is 0 Å². The van der Waals surface area contributed by atoms with Crippen LogP contribution < -0.4 is 10.6 Å². The minimum atomic E-state index is -0.253. The Morgan fingerprint density at radius 1 is 0.960 bits per heavy atom. The predicted octanol–water partition coefficient (Wildman–Crippen LogP) is 2.53. The van der Waals surface area contributed by atoms with Crippen molar-refractivity contribution >= 4 is 22.7 Å². The largest absolute Gasteiger partial charge is 0.350 e. The van der Waals surface area contributed by atoms with E-state index in [0.717, 1.165) is 22.2 Å². The van der Waals surface area contributed by atoms with E-state index >= 15 is 0 Å². The van der Waals surface area contributed by atoms with Gasteiger partial charge in [0.15, 0.2) is 0 Å². The van der Waals surface area contributed by atoms with Gasteiger partial charge in [-0.25, -0.2) is 0 Å². The first-order valence-electron chi connectivity index (χ1n) is 8.20. The lowest BCUT2D eigenvalue weighted by molar-refractivity contribution is -0.120. The normalized spacial score (nSPS) is 10.6. The summed E-state index contributed by atoms with van der Waals surface area (Å²) in [6, 6.07) is 17.0. The van der Waals surface area contributed by atoms with E-state index in [1.54, 1.807) is 24.3 Å². The van der Waals surface area contributed by atoms with Gasteiger partial charge in [-0.2, -0.15) is 0 Å². The van der Waals surface area contributed by atoms with Crippen LogP contribution in [-0.4, -0.2) is 22.9 Å². The van der Waals surface area contributed by atoms with Gasteiger partial charge in [-0.1, -0.05) is 36.4 Å². The lowest BCUT2D eigenvalue weighted by Crippen LogP contribution is -2.36. The fourth-order valence-electron chi connectivity index (χ4n) is 2.92. The van der Waals surface area contributed by atoms with Crippen molar-refractivity contribution in [1.82, 2.24) is 15.2 Å². The van der Waals surface area contributed by atoms with Crippen LogP contribution in [0.5, 0.6) is 0 Å². The number of carbonyl (C=O) groups is 2. The number of fused-ring (bicyclic) bond motifs is 1. The highest BCUT2D eigenvalue weighted by Gasteiger charge is 2.13. The fraction of sp³-hybridized carbons (Fsp3) is 0.200. The summed E-state index contributed by atoms with van der Waals surface area (Å²) >= 11 is 0. The van der Waals surface area contributed by atoms with E-state index in [9.17, 15) is 9.59 Å². The average molecular weight is 335 g/mol. The van der Waals surface area contributed by atoms with E-state index in [1.165, 1.54) is 0 Å². The molecule has 0 aliphatic heterocycles. The third kappa shape index (κ3) is 3.55. The second-order valence-electron chi connectivity index (χ2n) is 5.97. The predicted molar refractivity (Wildman–Crippen MR) is 98.3 cm³/mol. The Morgan fingerprint density at radius 2 is 1.64 bits per heavy atom. The maximum absolute atomic E-state index is 12.1. The van der Waals surface area contributed by atoms with Gasteiger partial charge >= 0.3 is 0 Å². The Morgan fingerprint density at radius 3 is 2.40 bits per heavy atom. The number of amides is 2. The first-order chi connectivity index (χ1) is 12.1. The zero-order valence-electron chi connectivity index (χ0n) is 14.4. The molecule has 0 fully saturated rings. The molecule has 5 nitrogen and oxygen atoms in total. The van der Waals surface area contributed by atoms with Crippen molar-refractivity contribution < 1.29 is 9.59 Å². The van der Waals surface area contributed by atoms with Crippen molar-refractivity contribution in [3.05, 3.63) is 71.4 Å². The summed E-state index contributed by atoms with van der Waals surface area (Å²) in [5, 5.41) is 6.66. The van der Waals surface area contributed by atoms with E-state index in [0.29, 0.717) is 12.1 Å². The quantitative estimate of drug-likeness (QED) is 0.753. The summed E-state index contributed by atoms with van der Waals surface area (Å²) in [5.74, 6) is -0.464. The van der Waals surface area contributed by atoms with Gasteiger partial charge in [0, 0.05) is 35.8 Å². The monoisotopic (exact) mass is 335 g/mol. The van der Waals surface area contributed by atoms with Crippen LogP contribution in [0.1, 0.15) is 21.6 Å². The number of nitrogens with zero attached hydrogens (tertiary/aromatic N) is 1. The van der Waals surface area contributed by atoms with Crippen LogP contribution in [0.15, 0.2) is 54.6 Å². The van der Waals surface area contributed by atoms with Crippen molar-refractivity contribution in [2.24, 2.45) is 7.05 Å². The second-order valence-corrected chi connectivity index (χ2v) is 5.97. The van der Waals surface area contributed by atoms with Gasteiger partial charge in [-0.15, -0.1) is 0 Å². The molecule has 1 aromatic heterocycles. The highest BCUT2D eigenvalue weighted by atomic mass is 16.2. The topological polar surface area (TPSA) is 63.1 Å².